The van der Waals surface area contributed by atoms with E-state index in [1.807, 2.05) is 30.3 Å². The van der Waals surface area contributed by atoms with Gasteiger partial charge in [-0.05, 0) is 42.8 Å². The summed E-state index contributed by atoms with van der Waals surface area (Å²) in [6.45, 7) is 1.40. The van der Waals surface area contributed by atoms with E-state index in [1.165, 1.54) is 5.56 Å². The van der Waals surface area contributed by atoms with E-state index in [4.69, 9.17) is 16.0 Å². The van der Waals surface area contributed by atoms with Gasteiger partial charge in [0.1, 0.15) is 11.5 Å². The van der Waals surface area contributed by atoms with Crippen LogP contribution in [0.4, 0.5) is 8.78 Å². The van der Waals surface area contributed by atoms with Crippen LogP contribution in [0.1, 0.15) is 17.1 Å². The minimum absolute atomic E-state index is 0.197. The van der Waals surface area contributed by atoms with Gasteiger partial charge in [0.25, 0.3) is 5.76 Å². The lowest BCUT2D eigenvalue weighted by atomic mass is 10.1. The molecule has 2 nitrogen and oxygen atoms in total. The molecule has 114 valence electrons. The quantitative estimate of drug-likeness (QED) is 0.708. The molecule has 1 aromatic heterocycles. The molecule has 1 heterocycles. The van der Waals surface area contributed by atoms with Crippen molar-refractivity contribution in [3.05, 3.63) is 58.5 Å². The third-order valence-electron chi connectivity index (χ3n) is 2.87. The van der Waals surface area contributed by atoms with Crippen molar-refractivity contribution in [2.24, 2.45) is 0 Å². The van der Waals surface area contributed by atoms with Crippen molar-refractivity contribution in [1.82, 2.24) is 5.32 Å². The number of thioether (sulfide) groups is 1. The van der Waals surface area contributed by atoms with Crippen LogP contribution in [0.3, 0.4) is 0 Å². The summed E-state index contributed by atoms with van der Waals surface area (Å²) in [4.78, 5) is 0. The second kappa shape index (κ2) is 8.41. The lowest BCUT2D eigenvalue weighted by Gasteiger charge is -2.03. The first kappa shape index (κ1) is 16.3. The number of rotatable bonds is 8. The number of benzene rings is 1. The smallest absolute Gasteiger partial charge is 0.284 e. The fourth-order valence-electron chi connectivity index (χ4n) is 1.84. The first-order valence-electron chi connectivity index (χ1n) is 6.56. The van der Waals surface area contributed by atoms with E-state index in [0.717, 1.165) is 23.7 Å². The largest absolute Gasteiger partial charge is 0.464 e. The van der Waals surface area contributed by atoms with E-state index in [2.05, 4.69) is 5.32 Å². The molecule has 0 aliphatic rings. The van der Waals surface area contributed by atoms with E-state index in [0.29, 0.717) is 24.1 Å². The van der Waals surface area contributed by atoms with Gasteiger partial charge in [-0.1, -0.05) is 35.5 Å². The van der Waals surface area contributed by atoms with Gasteiger partial charge in [-0.3, -0.25) is 0 Å². The highest BCUT2D eigenvalue weighted by molar-refractivity contribution is 7.98. The van der Waals surface area contributed by atoms with Crippen LogP contribution in [0.25, 0.3) is 0 Å². The van der Waals surface area contributed by atoms with Crippen molar-refractivity contribution in [2.75, 3.05) is 6.54 Å². The van der Waals surface area contributed by atoms with Crippen LogP contribution in [0.5, 0.6) is 0 Å². The highest BCUT2D eigenvalue weighted by atomic mass is 35.5. The molecule has 0 bridgehead atoms. The maximum atomic E-state index is 12.1. The molecule has 0 fully saturated rings. The molecular weight excluding hydrogens is 316 g/mol. The number of hydrogen-bond donors (Lipinski definition) is 1. The minimum atomic E-state index is -2.36. The fraction of sp³-hybridized carbons (Fsp3) is 0.333. The van der Waals surface area contributed by atoms with Crippen LogP contribution >= 0.6 is 23.4 Å². The molecule has 1 aromatic carbocycles. The Bertz CT molecular complexity index is 545. The van der Waals surface area contributed by atoms with Gasteiger partial charge < -0.3 is 9.73 Å². The molecule has 0 aliphatic heterocycles. The molecule has 0 saturated heterocycles. The summed E-state index contributed by atoms with van der Waals surface area (Å²) in [5, 5.41) is 3.99. The Morgan fingerprint density at radius 1 is 1.10 bits per heavy atom. The van der Waals surface area contributed by atoms with Crippen LogP contribution in [-0.2, 0) is 18.7 Å². The lowest BCUT2D eigenvalue weighted by Crippen LogP contribution is -2.16. The van der Waals surface area contributed by atoms with Gasteiger partial charge in [-0.25, -0.2) is 0 Å². The predicted octanol–water partition coefficient (Wildman–Crippen LogP) is 4.72. The standard InChI is InChI=1S/C15H16ClF2NOS/c16-12-3-1-11(2-4-12)7-8-19-9-13-5-6-14(20-13)10-21-15(17)18/h1-6,15,19H,7-10H2. The van der Waals surface area contributed by atoms with Gasteiger partial charge >= 0.3 is 0 Å². The van der Waals surface area contributed by atoms with E-state index in [1.54, 1.807) is 6.07 Å². The maximum absolute atomic E-state index is 12.1. The van der Waals surface area contributed by atoms with E-state index in [9.17, 15) is 8.78 Å². The fourth-order valence-corrected chi connectivity index (χ4v) is 2.41. The zero-order valence-electron chi connectivity index (χ0n) is 11.3. The van der Waals surface area contributed by atoms with Crippen molar-refractivity contribution in [3.63, 3.8) is 0 Å². The molecule has 0 unspecified atom stereocenters. The SMILES string of the molecule is FC(F)SCc1ccc(CNCCc2ccc(Cl)cc2)o1. The van der Waals surface area contributed by atoms with Crippen LogP contribution < -0.4 is 5.32 Å². The predicted molar refractivity (Wildman–Crippen MR) is 82.9 cm³/mol. The lowest BCUT2D eigenvalue weighted by molar-refractivity contribution is 0.251. The first-order chi connectivity index (χ1) is 10.1. The van der Waals surface area contributed by atoms with Crippen LogP contribution in [-0.4, -0.2) is 12.3 Å². The van der Waals surface area contributed by atoms with E-state index < -0.39 is 5.76 Å². The summed E-state index contributed by atoms with van der Waals surface area (Å²) in [6.07, 6.45) is 0.895. The summed E-state index contributed by atoms with van der Waals surface area (Å²) in [5.74, 6) is -0.829. The van der Waals surface area contributed by atoms with Gasteiger partial charge in [0.05, 0.1) is 12.3 Å². The Balaban J connectivity index is 1.67. The van der Waals surface area contributed by atoms with Crippen molar-refractivity contribution >= 4 is 23.4 Å². The molecule has 1 N–H and O–H groups in total. The number of halogens is 3. The third kappa shape index (κ3) is 6.08. The van der Waals surface area contributed by atoms with E-state index in [-0.39, 0.29) is 5.75 Å². The van der Waals surface area contributed by atoms with Crippen LogP contribution in [0, 0.1) is 0 Å². The molecule has 6 heteroatoms. The normalized spacial score (nSPS) is 11.2. The zero-order valence-corrected chi connectivity index (χ0v) is 12.9. The zero-order chi connectivity index (χ0) is 15.1. The monoisotopic (exact) mass is 331 g/mol. The Morgan fingerprint density at radius 2 is 1.81 bits per heavy atom. The summed E-state index contributed by atoms with van der Waals surface area (Å²) in [7, 11) is 0. The topological polar surface area (TPSA) is 25.2 Å². The highest BCUT2D eigenvalue weighted by Gasteiger charge is 2.07. The average molecular weight is 332 g/mol. The van der Waals surface area contributed by atoms with E-state index >= 15 is 0 Å². The van der Waals surface area contributed by atoms with Gasteiger partial charge in [0.2, 0.25) is 0 Å². The Hall–Kier alpha value is -1.04. The molecule has 0 radical (unpaired) electrons. The Morgan fingerprint density at radius 3 is 2.52 bits per heavy atom. The van der Waals surface area contributed by atoms with Crippen molar-refractivity contribution in [2.45, 2.75) is 24.5 Å². The number of furan rings is 1. The average Bonchev–Trinajstić information content (AvgIpc) is 2.91. The van der Waals surface area contributed by atoms with Crippen LogP contribution in [0.2, 0.25) is 5.02 Å². The first-order valence-corrected chi connectivity index (χ1v) is 7.98. The molecule has 21 heavy (non-hydrogen) atoms. The van der Waals surface area contributed by atoms with Gasteiger partial charge in [-0.2, -0.15) is 8.78 Å². The molecule has 0 spiro atoms. The van der Waals surface area contributed by atoms with Gasteiger partial charge in [0, 0.05) is 5.02 Å². The van der Waals surface area contributed by atoms with Gasteiger partial charge in [0.15, 0.2) is 0 Å². The molecule has 2 aromatic rings. The molecule has 0 aliphatic carbocycles. The van der Waals surface area contributed by atoms with Crippen LogP contribution in [0.15, 0.2) is 40.8 Å². The van der Waals surface area contributed by atoms with Crippen molar-refractivity contribution < 1.29 is 13.2 Å². The molecule has 0 atom stereocenters. The second-order valence-electron chi connectivity index (χ2n) is 4.49. The van der Waals surface area contributed by atoms with Crippen molar-refractivity contribution in [1.29, 1.82) is 0 Å². The Kier molecular flexibility index (Phi) is 6.54. The maximum Gasteiger partial charge on any atom is 0.284 e. The molecule has 0 saturated carbocycles. The number of alkyl halides is 2. The van der Waals surface area contributed by atoms with Crippen molar-refractivity contribution in [3.8, 4) is 0 Å². The minimum Gasteiger partial charge on any atom is -0.464 e. The summed E-state index contributed by atoms with van der Waals surface area (Å²) < 4.78 is 29.6. The summed E-state index contributed by atoms with van der Waals surface area (Å²) in [6, 6.07) is 11.3. The second-order valence-corrected chi connectivity index (χ2v) is 5.91. The Labute approximate surface area is 131 Å². The highest BCUT2D eigenvalue weighted by Crippen LogP contribution is 2.21. The summed E-state index contributed by atoms with van der Waals surface area (Å²) >= 11 is 6.39. The number of nitrogens with one attached hydrogen (secondary N) is 1. The van der Waals surface area contributed by atoms with Gasteiger partial charge in [-0.15, -0.1) is 0 Å². The molecule has 0 amide bonds. The molecular formula is C15H16ClF2NOS. The number of hydrogen-bond acceptors (Lipinski definition) is 3. The summed E-state index contributed by atoms with van der Waals surface area (Å²) in [5.41, 5.74) is 1.21. The third-order valence-corrected chi connectivity index (χ3v) is 3.83. The molecule has 2 rings (SSSR count).